The van der Waals surface area contributed by atoms with E-state index in [0.29, 0.717) is 6.61 Å². The van der Waals surface area contributed by atoms with Gasteiger partial charge in [0.15, 0.2) is 0 Å². The van der Waals surface area contributed by atoms with E-state index in [-0.39, 0.29) is 6.04 Å². The number of para-hydroxylation sites is 1. The van der Waals surface area contributed by atoms with Crippen molar-refractivity contribution >= 4 is 21.4 Å². The maximum Gasteiger partial charge on any atom is 0.124 e. The molecule has 2 aromatic carbocycles. The summed E-state index contributed by atoms with van der Waals surface area (Å²) in [4.78, 5) is 0. The Bertz CT molecular complexity index is 735. The number of nitrogens with one attached hydrogen (secondary N) is 1. The third-order valence-electron chi connectivity index (χ3n) is 3.76. The smallest absolute Gasteiger partial charge is 0.124 e. The van der Waals surface area contributed by atoms with Crippen LogP contribution in [0.1, 0.15) is 24.1 Å². The van der Waals surface area contributed by atoms with E-state index in [4.69, 9.17) is 4.74 Å². The van der Waals surface area contributed by atoms with E-state index in [9.17, 15) is 0 Å². The van der Waals surface area contributed by atoms with Crippen LogP contribution in [-0.2, 0) is 6.61 Å². The maximum absolute atomic E-state index is 6.08. The molecule has 0 aliphatic rings. The van der Waals surface area contributed by atoms with E-state index < -0.39 is 0 Å². The van der Waals surface area contributed by atoms with Crippen molar-refractivity contribution < 1.29 is 4.74 Å². The molecule has 108 valence electrons. The normalized spacial score (nSPS) is 12.5. The zero-order valence-corrected chi connectivity index (χ0v) is 13.1. The number of rotatable bonds is 5. The highest BCUT2D eigenvalue weighted by atomic mass is 32.1. The molecule has 0 radical (unpaired) electrons. The molecule has 0 bridgehead atoms. The molecule has 3 heteroatoms. The van der Waals surface area contributed by atoms with Crippen molar-refractivity contribution in [2.24, 2.45) is 0 Å². The molecular formula is C18H19NOS. The minimum atomic E-state index is 0.278. The van der Waals surface area contributed by atoms with E-state index in [1.54, 1.807) is 11.3 Å². The van der Waals surface area contributed by atoms with Crippen molar-refractivity contribution in [1.29, 1.82) is 0 Å². The Labute approximate surface area is 129 Å². The summed E-state index contributed by atoms with van der Waals surface area (Å²) in [5.41, 5.74) is 2.45. The number of fused-ring (bicyclic) bond motifs is 1. The van der Waals surface area contributed by atoms with Crippen molar-refractivity contribution in [2.45, 2.75) is 19.6 Å². The van der Waals surface area contributed by atoms with Gasteiger partial charge in [0.25, 0.3) is 0 Å². The molecule has 21 heavy (non-hydrogen) atoms. The van der Waals surface area contributed by atoms with Gasteiger partial charge in [-0.25, -0.2) is 0 Å². The summed E-state index contributed by atoms with van der Waals surface area (Å²) in [5, 5.41) is 6.75. The summed E-state index contributed by atoms with van der Waals surface area (Å²) in [6, 6.07) is 17.0. The molecule has 3 aromatic rings. The van der Waals surface area contributed by atoms with Crippen molar-refractivity contribution in [1.82, 2.24) is 5.32 Å². The average molecular weight is 297 g/mol. The van der Waals surface area contributed by atoms with E-state index in [2.05, 4.69) is 54.0 Å². The van der Waals surface area contributed by atoms with Crippen molar-refractivity contribution in [3.8, 4) is 5.75 Å². The molecule has 0 saturated heterocycles. The number of thiophene rings is 1. The third-order valence-corrected chi connectivity index (χ3v) is 4.78. The lowest BCUT2D eigenvalue weighted by Crippen LogP contribution is -2.13. The zero-order chi connectivity index (χ0) is 14.7. The molecule has 1 heterocycles. The largest absolute Gasteiger partial charge is 0.489 e. The molecule has 0 saturated carbocycles. The van der Waals surface area contributed by atoms with E-state index in [0.717, 1.165) is 5.75 Å². The van der Waals surface area contributed by atoms with Gasteiger partial charge >= 0.3 is 0 Å². The van der Waals surface area contributed by atoms with Crippen LogP contribution in [0, 0.1) is 0 Å². The molecule has 1 atom stereocenters. The van der Waals surface area contributed by atoms with Crippen LogP contribution < -0.4 is 10.1 Å². The molecule has 2 nitrogen and oxygen atoms in total. The molecule has 0 amide bonds. The van der Waals surface area contributed by atoms with Crippen molar-refractivity contribution in [3.63, 3.8) is 0 Å². The first kappa shape index (κ1) is 14.1. The minimum Gasteiger partial charge on any atom is -0.489 e. The fourth-order valence-electron chi connectivity index (χ4n) is 2.43. The molecule has 0 aliphatic heterocycles. The van der Waals surface area contributed by atoms with Crippen molar-refractivity contribution in [3.05, 3.63) is 65.0 Å². The second kappa shape index (κ2) is 6.29. The maximum atomic E-state index is 6.08. The average Bonchev–Trinajstić information content (AvgIpc) is 2.96. The summed E-state index contributed by atoms with van der Waals surface area (Å²) in [7, 11) is 1.97. The van der Waals surface area contributed by atoms with E-state index in [1.807, 2.05) is 19.2 Å². The molecule has 1 unspecified atom stereocenters. The van der Waals surface area contributed by atoms with Crippen LogP contribution in [0.4, 0.5) is 0 Å². The lowest BCUT2D eigenvalue weighted by molar-refractivity contribution is 0.302. The molecule has 1 N–H and O–H groups in total. The van der Waals surface area contributed by atoms with Gasteiger partial charge in [-0.15, -0.1) is 11.3 Å². The van der Waals surface area contributed by atoms with Gasteiger partial charge in [-0.1, -0.05) is 36.4 Å². The lowest BCUT2D eigenvalue weighted by atomic mass is 10.1. The number of hydrogen-bond acceptors (Lipinski definition) is 3. The summed E-state index contributed by atoms with van der Waals surface area (Å²) < 4.78 is 7.39. The lowest BCUT2D eigenvalue weighted by Gasteiger charge is -2.16. The Morgan fingerprint density at radius 2 is 1.86 bits per heavy atom. The molecule has 0 spiro atoms. The molecule has 0 aliphatic carbocycles. The summed E-state index contributed by atoms with van der Waals surface area (Å²) >= 11 is 1.77. The molecule has 0 fully saturated rings. The first-order valence-electron chi connectivity index (χ1n) is 7.13. The van der Waals surface area contributed by atoms with E-state index >= 15 is 0 Å². The first-order valence-corrected chi connectivity index (χ1v) is 8.01. The van der Waals surface area contributed by atoms with Gasteiger partial charge < -0.3 is 10.1 Å². The van der Waals surface area contributed by atoms with Crippen LogP contribution in [0.5, 0.6) is 5.75 Å². The third kappa shape index (κ3) is 2.94. The molecule has 3 rings (SSSR count). The zero-order valence-electron chi connectivity index (χ0n) is 12.3. The molecule has 1 aromatic heterocycles. The minimum absolute atomic E-state index is 0.278. The van der Waals surface area contributed by atoms with Crippen LogP contribution in [0.15, 0.2) is 53.9 Å². The van der Waals surface area contributed by atoms with Gasteiger partial charge in [0.2, 0.25) is 0 Å². The summed E-state index contributed by atoms with van der Waals surface area (Å²) in [6.45, 7) is 2.75. The van der Waals surface area contributed by atoms with Gasteiger partial charge in [-0.2, -0.15) is 0 Å². The highest BCUT2D eigenvalue weighted by molar-refractivity contribution is 7.17. The Morgan fingerprint density at radius 1 is 1.10 bits per heavy atom. The Morgan fingerprint density at radius 3 is 2.71 bits per heavy atom. The number of benzene rings is 2. The quantitative estimate of drug-likeness (QED) is 0.733. The fraction of sp³-hybridized carbons (Fsp3) is 0.222. The predicted octanol–water partition coefficient (Wildman–Crippen LogP) is 4.76. The van der Waals surface area contributed by atoms with Crippen LogP contribution in [-0.4, -0.2) is 7.05 Å². The highest BCUT2D eigenvalue weighted by Crippen LogP contribution is 2.29. The van der Waals surface area contributed by atoms with E-state index in [1.165, 1.54) is 21.2 Å². The highest BCUT2D eigenvalue weighted by Gasteiger charge is 2.10. The van der Waals surface area contributed by atoms with Gasteiger partial charge in [-0.3, -0.25) is 0 Å². The number of ether oxygens (including phenoxy) is 1. The SMILES string of the molecule is CNC(C)c1ccccc1OCc1csc2ccccc12. The first-order chi connectivity index (χ1) is 10.3. The van der Waals surface area contributed by atoms with Crippen LogP contribution in [0.3, 0.4) is 0 Å². The standard InChI is InChI=1S/C18H19NOS/c1-13(19-2)15-7-3-5-9-17(15)20-11-14-12-21-18-10-6-4-8-16(14)18/h3-10,12-13,19H,11H2,1-2H3. The number of hydrogen-bond donors (Lipinski definition) is 1. The molecular weight excluding hydrogens is 278 g/mol. The summed E-state index contributed by atoms with van der Waals surface area (Å²) in [5.74, 6) is 0.953. The van der Waals surface area contributed by atoms with Crippen LogP contribution in [0.25, 0.3) is 10.1 Å². The monoisotopic (exact) mass is 297 g/mol. The topological polar surface area (TPSA) is 21.3 Å². The van der Waals surface area contributed by atoms with Crippen LogP contribution >= 0.6 is 11.3 Å². The Kier molecular flexibility index (Phi) is 4.23. The van der Waals surface area contributed by atoms with Gasteiger partial charge in [-0.05, 0) is 36.9 Å². The van der Waals surface area contributed by atoms with Crippen molar-refractivity contribution in [2.75, 3.05) is 7.05 Å². The summed E-state index contributed by atoms with van der Waals surface area (Å²) in [6.07, 6.45) is 0. The van der Waals surface area contributed by atoms with Gasteiger partial charge in [0.1, 0.15) is 12.4 Å². The van der Waals surface area contributed by atoms with Gasteiger partial charge in [0, 0.05) is 21.9 Å². The Hall–Kier alpha value is -1.84. The van der Waals surface area contributed by atoms with Crippen LogP contribution in [0.2, 0.25) is 0 Å². The Balaban J connectivity index is 1.82. The fourth-order valence-corrected chi connectivity index (χ4v) is 3.37. The predicted molar refractivity (Wildman–Crippen MR) is 90.1 cm³/mol. The second-order valence-corrected chi connectivity index (χ2v) is 6.01. The second-order valence-electron chi connectivity index (χ2n) is 5.09. The van der Waals surface area contributed by atoms with Gasteiger partial charge in [0.05, 0.1) is 0 Å².